The molecule has 1 aromatic carbocycles. The number of hydrogen-bond donors (Lipinski definition) is 1. The molecule has 0 bridgehead atoms. The largest absolute Gasteiger partial charge is 0.381 e. The lowest BCUT2D eigenvalue weighted by atomic mass is 9.97. The van der Waals surface area contributed by atoms with E-state index in [1.807, 2.05) is 25.1 Å². The van der Waals surface area contributed by atoms with Crippen LogP contribution in [0.1, 0.15) is 34.1 Å². The van der Waals surface area contributed by atoms with E-state index in [2.05, 4.69) is 57.8 Å². The molecule has 104 valence electrons. The maximum Gasteiger partial charge on any atom is 0.132 e. The van der Waals surface area contributed by atoms with Gasteiger partial charge in [0.25, 0.3) is 0 Å². The fraction of sp³-hybridized carbons (Fsp3) is 0.529. The van der Waals surface area contributed by atoms with Gasteiger partial charge in [-0.05, 0) is 27.2 Å². The average molecular weight is 274 g/mol. The molecule has 0 heterocycles. The SMILES string of the molecule is CCC(O)(C#CC(C)(C)C)[Si](C)(C)c1ccccc1. The van der Waals surface area contributed by atoms with Gasteiger partial charge in [-0.25, -0.2) is 0 Å². The first-order chi connectivity index (χ1) is 8.62. The summed E-state index contributed by atoms with van der Waals surface area (Å²) in [7, 11) is -2.05. The lowest BCUT2D eigenvalue weighted by Gasteiger charge is -2.37. The Kier molecular flexibility index (Phi) is 4.66. The Morgan fingerprint density at radius 3 is 2.00 bits per heavy atom. The van der Waals surface area contributed by atoms with E-state index < -0.39 is 13.3 Å². The summed E-state index contributed by atoms with van der Waals surface area (Å²) in [6, 6.07) is 10.3. The Morgan fingerprint density at radius 1 is 1.05 bits per heavy atom. The molecule has 0 radical (unpaired) electrons. The Balaban J connectivity index is 3.24. The van der Waals surface area contributed by atoms with Crippen molar-refractivity contribution in [2.75, 3.05) is 0 Å². The zero-order chi connectivity index (χ0) is 14.7. The molecule has 1 aromatic rings. The van der Waals surface area contributed by atoms with Gasteiger partial charge in [0.2, 0.25) is 0 Å². The molecule has 0 aliphatic rings. The molecule has 1 atom stereocenters. The summed E-state index contributed by atoms with van der Waals surface area (Å²) >= 11 is 0. The summed E-state index contributed by atoms with van der Waals surface area (Å²) in [6.07, 6.45) is 0.671. The molecule has 0 aliphatic heterocycles. The van der Waals surface area contributed by atoms with Crippen LogP contribution in [0.2, 0.25) is 13.1 Å². The maximum atomic E-state index is 11.1. The van der Waals surface area contributed by atoms with Crippen LogP contribution in [-0.2, 0) is 0 Å². The maximum absolute atomic E-state index is 11.1. The highest BCUT2D eigenvalue weighted by Gasteiger charge is 2.44. The van der Waals surface area contributed by atoms with Gasteiger partial charge >= 0.3 is 0 Å². The van der Waals surface area contributed by atoms with Crippen LogP contribution in [0.25, 0.3) is 0 Å². The lowest BCUT2D eigenvalue weighted by Crippen LogP contribution is -2.61. The van der Waals surface area contributed by atoms with E-state index in [1.54, 1.807) is 0 Å². The molecule has 0 spiro atoms. The monoisotopic (exact) mass is 274 g/mol. The van der Waals surface area contributed by atoms with Gasteiger partial charge in [-0.2, -0.15) is 0 Å². The van der Waals surface area contributed by atoms with Crippen LogP contribution in [0, 0.1) is 17.3 Å². The van der Waals surface area contributed by atoms with E-state index in [0.29, 0.717) is 6.42 Å². The van der Waals surface area contributed by atoms with Crippen LogP contribution in [0.4, 0.5) is 0 Å². The topological polar surface area (TPSA) is 20.2 Å². The van der Waals surface area contributed by atoms with Crippen LogP contribution >= 0.6 is 0 Å². The molecule has 2 heteroatoms. The molecule has 19 heavy (non-hydrogen) atoms. The molecule has 0 aromatic heterocycles. The second-order valence-electron chi connectivity index (χ2n) is 6.70. The third-order valence-electron chi connectivity index (χ3n) is 3.69. The van der Waals surface area contributed by atoms with E-state index in [1.165, 1.54) is 5.19 Å². The van der Waals surface area contributed by atoms with Crippen molar-refractivity contribution in [1.82, 2.24) is 0 Å². The highest BCUT2D eigenvalue weighted by Crippen LogP contribution is 2.25. The van der Waals surface area contributed by atoms with Crippen LogP contribution < -0.4 is 5.19 Å². The summed E-state index contributed by atoms with van der Waals surface area (Å²) in [6.45, 7) is 12.6. The third kappa shape index (κ3) is 3.71. The molecule has 0 aliphatic carbocycles. The van der Waals surface area contributed by atoms with E-state index in [4.69, 9.17) is 0 Å². The Hall–Kier alpha value is -1.04. The van der Waals surface area contributed by atoms with E-state index >= 15 is 0 Å². The number of benzene rings is 1. The van der Waals surface area contributed by atoms with Crippen molar-refractivity contribution in [3.05, 3.63) is 30.3 Å². The average Bonchev–Trinajstić information content (AvgIpc) is 2.36. The summed E-state index contributed by atoms with van der Waals surface area (Å²) in [4.78, 5) is 0. The minimum absolute atomic E-state index is 0.0790. The van der Waals surface area contributed by atoms with E-state index in [-0.39, 0.29) is 5.41 Å². The Labute approximate surface area is 119 Å². The van der Waals surface area contributed by atoms with Crippen molar-refractivity contribution in [3.8, 4) is 11.8 Å². The third-order valence-corrected chi connectivity index (χ3v) is 8.01. The molecule has 0 saturated carbocycles. The van der Waals surface area contributed by atoms with Gasteiger partial charge in [-0.1, -0.05) is 67.4 Å². The van der Waals surface area contributed by atoms with Crippen molar-refractivity contribution in [2.24, 2.45) is 5.41 Å². The smallest absolute Gasteiger partial charge is 0.132 e. The minimum Gasteiger partial charge on any atom is -0.381 e. The molecule has 0 fully saturated rings. The Morgan fingerprint density at radius 2 is 1.58 bits per heavy atom. The van der Waals surface area contributed by atoms with Crippen LogP contribution in [-0.4, -0.2) is 18.4 Å². The van der Waals surface area contributed by atoms with Crippen molar-refractivity contribution in [1.29, 1.82) is 0 Å². The molecule has 1 rings (SSSR count). The predicted molar refractivity (Wildman–Crippen MR) is 86.0 cm³/mol. The quantitative estimate of drug-likeness (QED) is 0.662. The fourth-order valence-corrected chi connectivity index (χ4v) is 4.83. The van der Waals surface area contributed by atoms with Crippen LogP contribution in [0.15, 0.2) is 30.3 Å². The fourth-order valence-electron chi connectivity index (χ4n) is 2.07. The second-order valence-corrected chi connectivity index (χ2v) is 11.4. The van der Waals surface area contributed by atoms with Gasteiger partial charge in [0.15, 0.2) is 0 Å². The first kappa shape index (κ1) is 16.0. The van der Waals surface area contributed by atoms with Gasteiger partial charge in [0, 0.05) is 5.41 Å². The van der Waals surface area contributed by atoms with Crippen molar-refractivity contribution in [2.45, 2.75) is 52.4 Å². The Bertz CT molecular complexity index is 473. The van der Waals surface area contributed by atoms with Gasteiger partial charge in [0.05, 0.1) is 0 Å². The van der Waals surface area contributed by atoms with Crippen LogP contribution in [0.3, 0.4) is 0 Å². The first-order valence-corrected chi connectivity index (χ1v) is 9.94. The molecule has 0 amide bonds. The number of rotatable bonds is 3. The highest BCUT2D eigenvalue weighted by atomic mass is 28.3. The molecule has 1 unspecified atom stereocenters. The van der Waals surface area contributed by atoms with Crippen LogP contribution in [0.5, 0.6) is 0 Å². The van der Waals surface area contributed by atoms with E-state index in [9.17, 15) is 5.11 Å². The zero-order valence-corrected chi connectivity index (χ0v) is 14.0. The summed E-state index contributed by atoms with van der Waals surface area (Å²) in [5, 5.41) is 11.4. The summed E-state index contributed by atoms with van der Waals surface area (Å²) in [5.41, 5.74) is -0.0790. The standard InChI is InChI=1S/C17H26OSi/c1-7-17(18,14-13-16(2,3)4)19(5,6)15-11-9-8-10-12-15/h8-12,18H,7H2,1-6H3. The lowest BCUT2D eigenvalue weighted by molar-refractivity contribution is 0.172. The first-order valence-electron chi connectivity index (χ1n) is 6.94. The molecule has 1 N–H and O–H groups in total. The normalized spacial score (nSPS) is 15.3. The number of aliphatic hydroxyl groups is 1. The minimum atomic E-state index is -2.05. The van der Waals surface area contributed by atoms with Crippen molar-refractivity contribution >= 4 is 13.3 Å². The van der Waals surface area contributed by atoms with Gasteiger partial charge in [-0.15, -0.1) is 0 Å². The zero-order valence-electron chi connectivity index (χ0n) is 13.0. The molecular formula is C17H26OSi. The molecule has 0 saturated heterocycles. The van der Waals surface area contributed by atoms with Crippen molar-refractivity contribution < 1.29 is 5.11 Å². The molecular weight excluding hydrogens is 248 g/mol. The van der Waals surface area contributed by atoms with Gasteiger partial charge < -0.3 is 5.11 Å². The summed E-state index contributed by atoms with van der Waals surface area (Å²) < 4.78 is 0. The molecule has 1 nitrogen and oxygen atoms in total. The van der Waals surface area contributed by atoms with Gasteiger partial charge in [0.1, 0.15) is 13.3 Å². The second kappa shape index (κ2) is 5.52. The number of hydrogen-bond acceptors (Lipinski definition) is 1. The van der Waals surface area contributed by atoms with E-state index in [0.717, 1.165) is 0 Å². The summed E-state index contributed by atoms with van der Waals surface area (Å²) in [5.74, 6) is 6.42. The predicted octanol–water partition coefficient (Wildman–Crippen LogP) is 3.33. The van der Waals surface area contributed by atoms with Gasteiger partial charge in [-0.3, -0.25) is 0 Å². The van der Waals surface area contributed by atoms with Crippen molar-refractivity contribution in [3.63, 3.8) is 0 Å². The highest BCUT2D eigenvalue weighted by molar-refractivity contribution is 6.92.